The van der Waals surface area contributed by atoms with E-state index in [0.29, 0.717) is 11.5 Å². The standard InChI is InChI=1S/C26H30O7/c1-7-9-10-17-11-20-19(8-2)24(33-25(20)21(12-17)29-5)18-13-22(30-6)26(32-16(4)28)23(14-18)31-15(3)27/h9-14,19,24H,7-8H2,1-6H3/b10-9+/t19-,24+/m0/s1. The van der Waals surface area contributed by atoms with E-state index in [1.807, 2.05) is 6.07 Å². The first-order chi connectivity index (χ1) is 15.8. The highest BCUT2D eigenvalue weighted by Crippen LogP contribution is 2.54. The Morgan fingerprint density at radius 3 is 2.18 bits per heavy atom. The van der Waals surface area contributed by atoms with Gasteiger partial charge in [0, 0.05) is 30.9 Å². The van der Waals surface area contributed by atoms with Gasteiger partial charge in [-0.25, -0.2) is 0 Å². The first kappa shape index (κ1) is 24.2. The van der Waals surface area contributed by atoms with Crippen molar-refractivity contribution in [3.05, 3.63) is 47.0 Å². The van der Waals surface area contributed by atoms with Crippen LogP contribution in [0.1, 0.15) is 69.2 Å². The van der Waals surface area contributed by atoms with Crippen LogP contribution in [-0.4, -0.2) is 26.2 Å². The lowest BCUT2D eigenvalue weighted by Crippen LogP contribution is -2.13. The molecule has 7 heteroatoms. The van der Waals surface area contributed by atoms with Crippen molar-refractivity contribution in [2.24, 2.45) is 0 Å². The van der Waals surface area contributed by atoms with Gasteiger partial charge in [0.2, 0.25) is 5.75 Å². The Labute approximate surface area is 194 Å². The van der Waals surface area contributed by atoms with E-state index in [9.17, 15) is 9.59 Å². The van der Waals surface area contributed by atoms with E-state index in [-0.39, 0.29) is 29.3 Å². The molecule has 2 aromatic rings. The summed E-state index contributed by atoms with van der Waals surface area (Å²) >= 11 is 0. The molecule has 0 amide bonds. The molecule has 33 heavy (non-hydrogen) atoms. The SMILES string of the molecule is CC/C=C/c1cc(OC)c2c(c1)[C@H](CC)[C@@H](c1cc(OC)c(OC(C)=O)c(OC(C)=O)c1)O2. The highest BCUT2D eigenvalue weighted by Gasteiger charge is 2.38. The minimum Gasteiger partial charge on any atom is -0.493 e. The summed E-state index contributed by atoms with van der Waals surface area (Å²) in [5.41, 5.74) is 2.82. The van der Waals surface area contributed by atoms with E-state index in [2.05, 4.69) is 32.1 Å². The molecule has 0 aromatic heterocycles. The second kappa shape index (κ2) is 10.4. The van der Waals surface area contributed by atoms with E-state index in [4.69, 9.17) is 23.7 Å². The van der Waals surface area contributed by atoms with Crippen LogP contribution >= 0.6 is 0 Å². The number of carbonyl (C=O) groups is 2. The van der Waals surface area contributed by atoms with E-state index in [1.165, 1.54) is 21.0 Å². The lowest BCUT2D eigenvalue weighted by atomic mass is 9.88. The van der Waals surface area contributed by atoms with Crippen molar-refractivity contribution in [1.29, 1.82) is 0 Å². The zero-order valence-electron chi connectivity index (χ0n) is 19.9. The van der Waals surface area contributed by atoms with E-state index < -0.39 is 11.9 Å². The molecular weight excluding hydrogens is 424 g/mol. The van der Waals surface area contributed by atoms with Crippen molar-refractivity contribution < 1.29 is 33.3 Å². The molecule has 176 valence electrons. The number of rotatable bonds is 8. The van der Waals surface area contributed by atoms with Crippen LogP contribution in [-0.2, 0) is 9.59 Å². The summed E-state index contributed by atoms with van der Waals surface area (Å²) < 4.78 is 28.1. The Kier molecular flexibility index (Phi) is 7.63. The van der Waals surface area contributed by atoms with Gasteiger partial charge in [0.05, 0.1) is 14.2 Å². The lowest BCUT2D eigenvalue weighted by molar-refractivity contribution is -0.134. The number of benzene rings is 2. The number of allylic oxidation sites excluding steroid dienone is 1. The van der Waals surface area contributed by atoms with Gasteiger partial charge in [-0.05, 0) is 42.7 Å². The minimum atomic E-state index is -0.553. The average molecular weight is 455 g/mol. The summed E-state index contributed by atoms with van der Waals surface area (Å²) in [6.45, 7) is 6.73. The maximum atomic E-state index is 11.7. The van der Waals surface area contributed by atoms with Gasteiger partial charge >= 0.3 is 11.9 Å². The van der Waals surface area contributed by atoms with Crippen molar-refractivity contribution in [2.75, 3.05) is 14.2 Å². The van der Waals surface area contributed by atoms with Crippen LogP contribution in [0.3, 0.4) is 0 Å². The van der Waals surface area contributed by atoms with Gasteiger partial charge in [0.15, 0.2) is 23.0 Å². The smallest absolute Gasteiger partial charge is 0.308 e. The van der Waals surface area contributed by atoms with Crippen LogP contribution in [0.5, 0.6) is 28.7 Å². The summed E-state index contributed by atoms with van der Waals surface area (Å²) in [5, 5.41) is 0. The Morgan fingerprint density at radius 1 is 0.939 bits per heavy atom. The summed E-state index contributed by atoms with van der Waals surface area (Å²) in [7, 11) is 3.08. The fraction of sp³-hybridized carbons (Fsp3) is 0.385. The fourth-order valence-electron chi connectivity index (χ4n) is 4.04. The third-order valence-corrected chi connectivity index (χ3v) is 5.41. The number of carbonyl (C=O) groups excluding carboxylic acids is 2. The third kappa shape index (κ3) is 5.13. The zero-order chi connectivity index (χ0) is 24.1. The maximum absolute atomic E-state index is 11.7. The van der Waals surface area contributed by atoms with Gasteiger partial charge in [-0.2, -0.15) is 0 Å². The summed E-state index contributed by atoms with van der Waals surface area (Å²) in [4.78, 5) is 23.4. The Bertz CT molecular complexity index is 1070. The molecule has 0 saturated carbocycles. The second-order valence-corrected chi connectivity index (χ2v) is 7.74. The molecule has 3 rings (SSSR count). The lowest BCUT2D eigenvalue weighted by Gasteiger charge is -2.21. The van der Waals surface area contributed by atoms with Gasteiger partial charge in [0.1, 0.15) is 6.10 Å². The van der Waals surface area contributed by atoms with Crippen LogP contribution in [0.25, 0.3) is 6.08 Å². The molecular formula is C26H30O7. The van der Waals surface area contributed by atoms with Crippen molar-refractivity contribution in [1.82, 2.24) is 0 Å². The van der Waals surface area contributed by atoms with Crippen LogP contribution < -0.4 is 23.7 Å². The summed E-state index contributed by atoms with van der Waals surface area (Å²) in [6, 6.07) is 7.48. The Hall–Kier alpha value is -3.48. The van der Waals surface area contributed by atoms with Crippen molar-refractivity contribution in [2.45, 2.75) is 52.6 Å². The molecule has 2 aromatic carbocycles. The van der Waals surface area contributed by atoms with Gasteiger partial charge in [0.25, 0.3) is 0 Å². The van der Waals surface area contributed by atoms with Crippen molar-refractivity contribution in [3.8, 4) is 28.7 Å². The molecule has 0 bridgehead atoms. The van der Waals surface area contributed by atoms with E-state index in [0.717, 1.165) is 29.5 Å². The Balaban J connectivity index is 2.12. The number of esters is 2. The van der Waals surface area contributed by atoms with Gasteiger partial charge < -0.3 is 23.7 Å². The first-order valence-electron chi connectivity index (χ1n) is 11.0. The molecule has 0 N–H and O–H groups in total. The van der Waals surface area contributed by atoms with Gasteiger partial charge in [-0.3, -0.25) is 9.59 Å². The predicted octanol–water partition coefficient (Wildman–Crippen LogP) is 5.60. The molecule has 0 aliphatic carbocycles. The average Bonchev–Trinajstić information content (AvgIpc) is 3.15. The first-order valence-corrected chi connectivity index (χ1v) is 11.0. The molecule has 0 unspecified atom stereocenters. The molecule has 1 heterocycles. The Morgan fingerprint density at radius 2 is 1.61 bits per heavy atom. The van der Waals surface area contributed by atoms with Crippen molar-refractivity contribution in [3.63, 3.8) is 0 Å². The molecule has 0 spiro atoms. The fourth-order valence-corrected chi connectivity index (χ4v) is 4.04. The normalized spacial score (nSPS) is 16.8. The van der Waals surface area contributed by atoms with Gasteiger partial charge in [-0.15, -0.1) is 0 Å². The molecule has 0 radical (unpaired) electrons. The molecule has 1 aliphatic heterocycles. The quantitative estimate of drug-likeness (QED) is 0.379. The highest BCUT2D eigenvalue weighted by atomic mass is 16.6. The van der Waals surface area contributed by atoms with Crippen LogP contribution in [0.15, 0.2) is 30.3 Å². The molecule has 7 nitrogen and oxygen atoms in total. The van der Waals surface area contributed by atoms with E-state index in [1.54, 1.807) is 19.2 Å². The predicted molar refractivity (Wildman–Crippen MR) is 124 cm³/mol. The molecule has 0 saturated heterocycles. The topological polar surface area (TPSA) is 80.3 Å². The number of hydrogen-bond acceptors (Lipinski definition) is 7. The van der Waals surface area contributed by atoms with Crippen LogP contribution in [0.2, 0.25) is 0 Å². The molecule has 2 atom stereocenters. The second-order valence-electron chi connectivity index (χ2n) is 7.74. The number of fused-ring (bicyclic) bond motifs is 1. The van der Waals surface area contributed by atoms with Crippen LogP contribution in [0.4, 0.5) is 0 Å². The summed E-state index contributed by atoms with van der Waals surface area (Å²) in [6.07, 6.45) is 5.53. The van der Waals surface area contributed by atoms with Gasteiger partial charge in [-0.1, -0.05) is 26.0 Å². The highest BCUT2D eigenvalue weighted by molar-refractivity contribution is 5.76. The minimum absolute atomic E-state index is 0.0262. The largest absolute Gasteiger partial charge is 0.493 e. The number of ether oxygens (including phenoxy) is 5. The van der Waals surface area contributed by atoms with Crippen LogP contribution in [0, 0.1) is 0 Å². The summed E-state index contributed by atoms with van der Waals surface area (Å²) in [5.74, 6) is 0.706. The molecule has 1 aliphatic rings. The zero-order valence-corrected chi connectivity index (χ0v) is 19.9. The van der Waals surface area contributed by atoms with E-state index >= 15 is 0 Å². The molecule has 0 fully saturated rings. The number of hydrogen-bond donors (Lipinski definition) is 0. The monoisotopic (exact) mass is 454 g/mol. The third-order valence-electron chi connectivity index (χ3n) is 5.41. The van der Waals surface area contributed by atoms with Crippen molar-refractivity contribution >= 4 is 18.0 Å². The number of methoxy groups -OCH3 is 2. The maximum Gasteiger partial charge on any atom is 0.308 e.